The lowest BCUT2D eigenvalue weighted by Crippen LogP contribution is -2.44. The molecular formula is C17H35NO. The minimum Gasteiger partial charge on any atom is -0.374 e. The minimum absolute atomic E-state index is 0.0228. The molecule has 0 heterocycles. The third-order valence-electron chi connectivity index (χ3n) is 4.74. The second-order valence-electron chi connectivity index (χ2n) is 6.38. The molecule has 2 heteroatoms. The van der Waals surface area contributed by atoms with Gasteiger partial charge in [0.25, 0.3) is 0 Å². The van der Waals surface area contributed by atoms with E-state index in [1.54, 1.807) is 0 Å². The van der Waals surface area contributed by atoms with Gasteiger partial charge in [-0.2, -0.15) is 0 Å². The summed E-state index contributed by atoms with van der Waals surface area (Å²) in [7, 11) is 0. The predicted octanol–water partition coefficient (Wildman–Crippen LogP) is 4.66. The highest BCUT2D eigenvalue weighted by Crippen LogP contribution is 2.36. The average Bonchev–Trinajstić information content (AvgIpc) is 2.45. The molecule has 0 spiro atoms. The number of ether oxygens (including phenoxy) is 1. The molecule has 0 aliphatic heterocycles. The number of hydrogen-bond donors (Lipinski definition) is 1. The van der Waals surface area contributed by atoms with Gasteiger partial charge in [0.1, 0.15) is 0 Å². The first-order valence-electron chi connectivity index (χ1n) is 8.60. The van der Waals surface area contributed by atoms with Crippen LogP contribution in [0.4, 0.5) is 0 Å². The smallest absolute Gasteiger partial charge is 0.0804 e. The summed E-state index contributed by atoms with van der Waals surface area (Å²) in [5, 5.41) is 0. The van der Waals surface area contributed by atoms with Crippen LogP contribution < -0.4 is 5.73 Å². The molecule has 114 valence electrons. The van der Waals surface area contributed by atoms with Crippen molar-refractivity contribution in [3.05, 3.63) is 0 Å². The van der Waals surface area contributed by atoms with Crippen molar-refractivity contribution < 1.29 is 4.74 Å². The SMILES string of the molecule is CCCCCCCOC1(CN)CCC(CCC)CC1. The number of nitrogens with two attached hydrogens (primary N) is 1. The molecule has 0 radical (unpaired) electrons. The summed E-state index contributed by atoms with van der Waals surface area (Å²) in [6.45, 7) is 6.17. The summed E-state index contributed by atoms with van der Waals surface area (Å²) in [4.78, 5) is 0. The van der Waals surface area contributed by atoms with Crippen molar-refractivity contribution in [2.45, 2.75) is 90.1 Å². The molecule has 0 aromatic heterocycles. The van der Waals surface area contributed by atoms with E-state index in [2.05, 4.69) is 13.8 Å². The van der Waals surface area contributed by atoms with Crippen molar-refractivity contribution in [1.82, 2.24) is 0 Å². The molecule has 1 aliphatic carbocycles. The summed E-state index contributed by atoms with van der Waals surface area (Å²) >= 11 is 0. The lowest BCUT2D eigenvalue weighted by molar-refractivity contribution is -0.0729. The molecule has 0 aromatic rings. The van der Waals surface area contributed by atoms with Crippen LogP contribution in [-0.2, 0) is 4.74 Å². The largest absolute Gasteiger partial charge is 0.374 e. The summed E-state index contributed by atoms with van der Waals surface area (Å²) in [5.41, 5.74) is 6.02. The van der Waals surface area contributed by atoms with Gasteiger partial charge in [-0.25, -0.2) is 0 Å². The minimum atomic E-state index is 0.0228. The molecule has 0 bridgehead atoms. The van der Waals surface area contributed by atoms with E-state index in [1.165, 1.54) is 70.6 Å². The molecular weight excluding hydrogens is 234 g/mol. The lowest BCUT2D eigenvalue weighted by atomic mass is 9.77. The van der Waals surface area contributed by atoms with Crippen LogP contribution in [0.15, 0.2) is 0 Å². The topological polar surface area (TPSA) is 35.2 Å². The third-order valence-corrected chi connectivity index (χ3v) is 4.74. The van der Waals surface area contributed by atoms with Crippen LogP contribution in [0.2, 0.25) is 0 Å². The molecule has 2 N–H and O–H groups in total. The van der Waals surface area contributed by atoms with Gasteiger partial charge in [0, 0.05) is 13.2 Å². The van der Waals surface area contributed by atoms with Crippen LogP contribution in [0.5, 0.6) is 0 Å². The van der Waals surface area contributed by atoms with Gasteiger partial charge in [-0.3, -0.25) is 0 Å². The van der Waals surface area contributed by atoms with Gasteiger partial charge in [-0.1, -0.05) is 52.4 Å². The van der Waals surface area contributed by atoms with Crippen LogP contribution in [0, 0.1) is 5.92 Å². The molecule has 1 rings (SSSR count). The van der Waals surface area contributed by atoms with E-state index in [0.717, 1.165) is 12.5 Å². The number of hydrogen-bond acceptors (Lipinski definition) is 2. The summed E-state index contributed by atoms with van der Waals surface area (Å²) in [6.07, 6.45) is 14.3. The first kappa shape index (κ1) is 17.0. The van der Waals surface area contributed by atoms with Crippen LogP contribution in [0.3, 0.4) is 0 Å². The van der Waals surface area contributed by atoms with Crippen molar-refractivity contribution >= 4 is 0 Å². The average molecular weight is 269 g/mol. The van der Waals surface area contributed by atoms with E-state index in [-0.39, 0.29) is 5.60 Å². The Morgan fingerprint density at radius 3 is 2.26 bits per heavy atom. The Balaban J connectivity index is 2.18. The van der Waals surface area contributed by atoms with E-state index in [9.17, 15) is 0 Å². The van der Waals surface area contributed by atoms with Crippen molar-refractivity contribution in [3.8, 4) is 0 Å². The van der Waals surface area contributed by atoms with Gasteiger partial charge in [-0.05, 0) is 38.0 Å². The number of rotatable bonds is 10. The maximum absolute atomic E-state index is 6.20. The van der Waals surface area contributed by atoms with E-state index >= 15 is 0 Å². The molecule has 1 saturated carbocycles. The fourth-order valence-corrected chi connectivity index (χ4v) is 3.30. The van der Waals surface area contributed by atoms with Crippen molar-refractivity contribution in [2.75, 3.05) is 13.2 Å². The van der Waals surface area contributed by atoms with Crippen molar-refractivity contribution in [1.29, 1.82) is 0 Å². The van der Waals surface area contributed by atoms with E-state index < -0.39 is 0 Å². The molecule has 1 fully saturated rings. The Hall–Kier alpha value is -0.0800. The molecule has 0 atom stereocenters. The summed E-state index contributed by atoms with van der Waals surface area (Å²) < 4.78 is 6.20. The van der Waals surface area contributed by atoms with Crippen LogP contribution in [-0.4, -0.2) is 18.8 Å². The zero-order valence-corrected chi connectivity index (χ0v) is 13.3. The first-order valence-corrected chi connectivity index (χ1v) is 8.60. The Morgan fingerprint density at radius 1 is 1.00 bits per heavy atom. The Labute approximate surface area is 120 Å². The highest BCUT2D eigenvalue weighted by Gasteiger charge is 2.34. The Bertz CT molecular complexity index is 209. The Morgan fingerprint density at radius 2 is 1.68 bits per heavy atom. The molecule has 0 amide bonds. The molecule has 0 unspecified atom stereocenters. The lowest BCUT2D eigenvalue weighted by Gasteiger charge is -2.39. The fraction of sp³-hybridized carbons (Fsp3) is 1.00. The van der Waals surface area contributed by atoms with Crippen LogP contribution >= 0.6 is 0 Å². The van der Waals surface area contributed by atoms with Crippen LogP contribution in [0.25, 0.3) is 0 Å². The third kappa shape index (κ3) is 6.27. The molecule has 0 aromatic carbocycles. The van der Waals surface area contributed by atoms with E-state index in [1.807, 2.05) is 0 Å². The van der Waals surface area contributed by atoms with Gasteiger partial charge in [0.05, 0.1) is 5.60 Å². The molecule has 2 nitrogen and oxygen atoms in total. The maximum atomic E-state index is 6.20. The normalized spacial score (nSPS) is 27.6. The quantitative estimate of drug-likeness (QED) is 0.585. The molecule has 0 saturated heterocycles. The highest BCUT2D eigenvalue weighted by atomic mass is 16.5. The fourth-order valence-electron chi connectivity index (χ4n) is 3.30. The Kier molecular flexibility index (Phi) is 8.72. The van der Waals surface area contributed by atoms with Crippen molar-refractivity contribution in [3.63, 3.8) is 0 Å². The van der Waals surface area contributed by atoms with Gasteiger partial charge in [-0.15, -0.1) is 0 Å². The van der Waals surface area contributed by atoms with Gasteiger partial charge >= 0.3 is 0 Å². The second-order valence-corrected chi connectivity index (χ2v) is 6.38. The van der Waals surface area contributed by atoms with Gasteiger partial charge < -0.3 is 10.5 Å². The van der Waals surface area contributed by atoms with Gasteiger partial charge in [0.2, 0.25) is 0 Å². The monoisotopic (exact) mass is 269 g/mol. The standard InChI is InChI=1S/C17H35NO/c1-3-5-6-7-8-14-19-17(15-18)12-10-16(9-4-2)11-13-17/h16H,3-15,18H2,1-2H3. The first-order chi connectivity index (χ1) is 9.26. The van der Waals surface area contributed by atoms with Gasteiger partial charge in [0.15, 0.2) is 0 Å². The predicted molar refractivity (Wildman–Crippen MR) is 83.4 cm³/mol. The highest BCUT2D eigenvalue weighted by molar-refractivity contribution is 4.88. The summed E-state index contributed by atoms with van der Waals surface area (Å²) in [6, 6.07) is 0. The second kappa shape index (κ2) is 9.77. The zero-order valence-electron chi connectivity index (χ0n) is 13.3. The van der Waals surface area contributed by atoms with Crippen LogP contribution in [0.1, 0.15) is 84.5 Å². The maximum Gasteiger partial charge on any atom is 0.0804 e. The van der Waals surface area contributed by atoms with Crippen molar-refractivity contribution in [2.24, 2.45) is 11.7 Å². The zero-order chi connectivity index (χ0) is 14.0. The molecule has 1 aliphatic rings. The van der Waals surface area contributed by atoms with E-state index in [4.69, 9.17) is 10.5 Å². The molecule has 19 heavy (non-hydrogen) atoms. The summed E-state index contributed by atoms with van der Waals surface area (Å²) in [5.74, 6) is 0.929. The number of unbranched alkanes of at least 4 members (excludes halogenated alkanes) is 4. The van der Waals surface area contributed by atoms with E-state index in [0.29, 0.717) is 6.54 Å².